The van der Waals surface area contributed by atoms with E-state index >= 15 is 0 Å². The van der Waals surface area contributed by atoms with Crippen molar-refractivity contribution in [3.8, 4) is 0 Å². The van der Waals surface area contributed by atoms with Crippen molar-refractivity contribution in [3.05, 3.63) is 12.3 Å². The second-order valence-corrected chi connectivity index (χ2v) is 0. The molecule has 0 bridgehead atoms. The van der Waals surface area contributed by atoms with Crippen molar-refractivity contribution in [1.82, 2.24) is 0 Å². The van der Waals surface area contributed by atoms with Crippen molar-refractivity contribution in [2.24, 2.45) is 0 Å². The molecule has 0 heterocycles. The topological polar surface area (TPSA) is 67.0 Å². The van der Waals surface area contributed by atoms with Crippen LogP contribution in [0.15, 0.2) is 0 Å². The SMILES string of the molecule is [Cl-].[Cl-].[NH2-].[NH2-].[Zn+2]. The third-order valence-corrected chi connectivity index (χ3v) is 0. The van der Waals surface area contributed by atoms with Crippen molar-refractivity contribution >= 4 is 0 Å². The summed E-state index contributed by atoms with van der Waals surface area (Å²) in [4.78, 5) is 0. The molecule has 0 radical (unpaired) electrons. The summed E-state index contributed by atoms with van der Waals surface area (Å²) in [5, 5.41) is 0. The second-order valence-electron chi connectivity index (χ2n) is 0. The van der Waals surface area contributed by atoms with E-state index in [1.54, 1.807) is 0 Å². The smallest absolute Gasteiger partial charge is 1.00 e. The molecule has 0 atom stereocenters. The fourth-order valence-electron chi connectivity index (χ4n) is 0. The quantitative estimate of drug-likeness (QED) is 0.327. The van der Waals surface area contributed by atoms with Crippen LogP contribution in [0, 0.1) is 0 Å². The fourth-order valence-corrected chi connectivity index (χ4v) is 0. The first kappa shape index (κ1) is 127. The molecule has 0 aliphatic heterocycles. The van der Waals surface area contributed by atoms with Crippen LogP contribution in [0.4, 0.5) is 0 Å². The molecule has 0 unspecified atom stereocenters. The minimum Gasteiger partial charge on any atom is -1.00 e. The Hall–Kier alpha value is 1.12. The third kappa shape index (κ3) is 39.6. The van der Waals surface area contributed by atoms with E-state index in [4.69, 9.17) is 0 Å². The molecule has 0 aliphatic carbocycles. The van der Waals surface area contributed by atoms with Crippen LogP contribution in [0.5, 0.6) is 0 Å². The fraction of sp³-hybridized carbons (Fsp3) is 0. The molecule has 0 saturated heterocycles. The van der Waals surface area contributed by atoms with Gasteiger partial charge in [-0.2, -0.15) is 0 Å². The predicted molar refractivity (Wildman–Crippen MR) is 10.6 cm³/mol. The maximum atomic E-state index is 0. The number of halogens is 2. The van der Waals surface area contributed by atoms with E-state index in [1.165, 1.54) is 0 Å². The van der Waals surface area contributed by atoms with Gasteiger partial charge in [0.1, 0.15) is 0 Å². The third-order valence-electron chi connectivity index (χ3n) is 0. The van der Waals surface area contributed by atoms with Gasteiger partial charge in [-0.15, -0.1) is 0 Å². The van der Waals surface area contributed by atoms with Crippen LogP contribution in [0.25, 0.3) is 12.3 Å². The van der Waals surface area contributed by atoms with Crippen LogP contribution in [-0.2, 0) is 19.5 Å². The second kappa shape index (κ2) is 69.0. The molecule has 5 heteroatoms. The van der Waals surface area contributed by atoms with E-state index in [2.05, 4.69) is 0 Å². The maximum Gasteiger partial charge on any atom is 2.00 e. The molecule has 0 aromatic carbocycles. The monoisotopic (exact) mass is 166 g/mol. The summed E-state index contributed by atoms with van der Waals surface area (Å²) in [5.74, 6) is 0. The average molecular weight is 168 g/mol. The molecule has 32 valence electrons. The van der Waals surface area contributed by atoms with E-state index in [0.717, 1.165) is 0 Å². The van der Waals surface area contributed by atoms with Crippen molar-refractivity contribution in [1.29, 1.82) is 0 Å². The summed E-state index contributed by atoms with van der Waals surface area (Å²) in [5.41, 5.74) is 0. The standard InChI is InChI=1S/2ClH.2H2N.Zn/h2*1H;2*1H2;/q;;2*-1;+2/p-2. The zero-order valence-electron chi connectivity index (χ0n) is 2.62. The number of nitrogens with two attached hydrogens (primary N) is 2. The van der Waals surface area contributed by atoms with Crippen molar-refractivity contribution in [2.75, 3.05) is 0 Å². The van der Waals surface area contributed by atoms with Crippen LogP contribution >= 0.6 is 0 Å². The van der Waals surface area contributed by atoms with E-state index < -0.39 is 0 Å². The molecule has 0 rings (SSSR count). The van der Waals surface area contributed by atoms with Crippen LogP contribution in [-0.4, -0.2) is 0 Å². The molecule has 0 saturated carbocycles. The number of hydrogen-bond acceptors (Lipinski definition) is 0. The first-order chi connectivity index (χ1) is 0. The summed E-state index contributed by atoms with van der Waals surface area (Å²) in [7, 11) is 0. The Labute approximate surface area is 56.8 Å². The molecular weight excluding hydrogens is 164 g/mol. The maximum absolute atomic E-state index is 0. The molecular formula is H4Cl2N2Zn-2. The van der Waals surface area contributed by atoms with Gasteiger partial charge < -0.3 is 37.1 Å². The molecule has 2 nitrogen and oxygen atoms in total. The van der Waals surface area contributed by atoms with E-state index in [9.17, 15) is 0 Å². The Morgan fingerprint density at radius 2 is 0.600 bits per heavy atom. The largest absolute Gasteiger partial charge is 2.00 e. The van der Waals surface area contributed by atoms with Gasteiger partial charge >= 0.3 is 19.5 Å². The Morgan fingerprint density at radius 3 is 0.600 bits per heavy atom. The van der Waals surface area contributed by atoms with Gasteiger partial charge in [-0.3, -0.25) is 0 Å². The summed E-state index contributed by atoms with van der Waals surface area (Å²) in [6, 6.07) is 0. The number of hydrogen-bond donors (Lipinski definition) is 0. The Balaban J connectivity index is 0. The average Bonchev–Trinajstić information content (AvgIpc) is 0. The molecule has 0 fully saturated rings. The molecule has 0 spiro atoms. The van der Waals surface area contributed by atoms with Gasteiger partial charge in [0.15, 0.2) is 0 Å². The molecule has 4 N–H and O–H groups in total. The van der Waals surface area contributed by atoms with Gasteiger partial charge in [0.25, 0.3) is 0 Å². The molecule has 5 heavy (non-hydrogen) atoms. The van der Waals surface area contributed by atoms with Gasteiger partial charge in [-0.25, -0.2) is 0 Å². The van der Waals surface area contributed by atoms with Crippen LogP contribution in [0.1, 0.15) is 0 Å². The van der Waals surface area contributed by atoms with Gasteiger partial charge in [-0.1, -0.05) is 0 Å². The first-order valence-corrected chi connectivity index (χ1v) is 0. The Bertz CT molecular complexity index is 7.61. The molecule has 0 aromatic heterocycles. The van der Waals surface area contributed by atoms with Crippen LogP contribution in [0.3, 0.4) is 0 Å². The van der Waals surface area contributed by atoms with E-state index in [1.807, 2.05) is 0 Å². The minimum absolute atomic E-state index is 0. The van der Waals surface area contributed by atoms with Gasteiger partial charge in [0, 0.05) is 0 Å². The zero-order chi connectivity index (χ0) is 0. The Morgan fingerprint density at radius 1 is 0.600 bits per heavy atom. The van der Waals surface area contributed by atoms with Crippen molar-refractivity contribution in [2.45, 2.75) is 0 Å². The van der Waals surface area contributed by atoms with Gasteiger partial charge in [0.05, 0.1) is 0 Å². The molecule has 0 aromatic rings. The summed E-state index contributed by atoms with van der Waals surface area (Å²) >= 11 is 0. The molecule has 0 aliphatic rings. The Kier molecular flexibility index (Phi) is 1760. The van der Waals surface area contributed by atoms with E-state index in [-0.39, 0.29) is 56.6 Å². The predicted octanol–water partition coefficient (Wildman–Crippen LogP) is -4.56. The normalized spacial score (nSPS) is 0. The minimum atomic E-state index is 0. The molecule has 0 amide bonds. The van der Waals surface area contributed by atoms with Gasteiger partial charge in [-0.05, 0) is 0 Å². The first-order valence-electron chi connectivity index (χ1n) is 0. The summed E-state index contributed by atoms with van der Waals surface area (Å²) in [6.07, 6.45) is 0. The number of rotatable bonds is 0. The zero-order valence-corrected chi connectivity index (χ0v) is 7.10. The van der Waals surface area contributed by atoms with E-state index in [0.29, 0.717) is 0 Å². The van der Waals surface area contributed by atoms with Crippen molar-refractivity contribution < 1.29 is 44.3 Å². The van der Waals surface area contributed by atoms with Crippen LogP contribution in [0.2, 0.25) is 0 Å². The van der Waals surface area contributed by atoms with Gasteiger partial charge in [0.2, 0.25) is 0 Å². The summed E-state index contributed by atoms with van der Waals surface area (Å²) < 4.78 is 0. The van der Waals surface area contributed by atoms with Crippen molar-refractivity contribution in [3.63, 3.8) is 0 Å². The van der Waals surface area contributed by atoms with Crippen LogP contribution < -0.4 is 24.8 Å². The summed E-state index contributed by atoms with van der Waals surface area (Å²) in [6.45, 7) is 0.